The average molecular weight is 401 g/mol. The molecule has 3 rings (SSSR count). The maximum atomic E-state index is 13.1. The SMILES string of the molecule is O=C(Nc1ccc(Cl)cc1C(F)(F)F)[C@@H]1CC(=O)N(c2ccc(F)cc2)C1. The molecule has 2 aromatic rings. The zero-order chi connectivity index (χ0) is 19.8. The van der Waals surface area contributed by atoms with Crippen molar-refractivity contribution < 1.29 is 27.2 Å². The standard InChI is InChI=1S/C18H13ClF4N2O2/c19-11-1-6-15(14(8-11)18(21,22)23)24-17(27)10-7-16(26)25(9-10)13-4-2-12(20)3-5-13/h1-6,8,10H,7,9H2,(H,24,27)/t10-/m1/s1. The zero-order valence-electron chi connectivity index (χ0n) is 13.7. The molecule has 142 valence electrons. The van der Waals surface area contributed by atoms with Crippen LogP contribution in [0.25, 0.3) is 0 Å². The number of amides is 2. The second-order valence-corrected chi connectivity index (χ2v) is 6.50. The molecule has 0 bridgehead atoms. The van der Waals surface area contributed by atoms with Crippen molar-refractivity contribution in [3.63, 3.8) is 0 Å². The summed E-state index contributed by atoms with van der Waals surface area (Å²) in [5.74, 6) is -2.38. The van der Waals surface area contributed by atoms with Crippen LogP contribution in [0.4, 0.5) is 28.9 Å². The highest BCUT2D eigenvalue weighted by Gasteiger charge is 2.38. The summed E-state index contributed by atoms with van der Waals surface area (Å²) in [6, 6.07) is 8.18. The number of hydrogen-bond donors (Lipinski definition) is 1. The molecule has 1 N–H and O–H groups in total. The lowest BCUT2D eigenvalue weighted by Crippen LogP contribution is -2.28. The van der Waals surface area contributed by atoms with Crippen molar-refractivity contribution in [2.75, 3.05) is 16.8 Å². The summed E-state index contributed by atoms with van der Waals surface area (Å²) in [6.45, 7) is -0.00869. The monoisotopic (exact) mass is 400 g/mol. The fourth-order valence-corrected chi connectivity index (χ4v) is 3.02. The Morgan fingerprint density at radius 3 is 2.44 bits per heavy atom. The summed E-state index contributed by atoms with van der Waals surface area (Å²) in [7, 11) is 0. The maximum Gasteiger partial charge on any atom is 0.418 e. The van der Waals surface area contributed by atoms with Gasteiger partial charge in [-0.25, -0.2) is 4.39 Å². The number of benzene rings is 2. The van der Waals surface area contributed by atoms with Crippen LogP contribution < -0.4 is 10.2 Å². The van der Waals surface area contributed by atoms with Gasteiger partial charge in [0, 0.05) is 23.7 Å². The number of carbonyl (C=O) groups is 2. The van der Waals surface area contributed by atoms with E-state index in [1.54, 1.807) is 0 Å². The molecule has 4 nitrogen and oxygen atoms in total. The molecule has 2 aromatic carbocycles. The van der Waals surface area contributed by atoms with Gasteiger partial charge in [-0.05, 0) is 42.5 Å². The van der Waals surface area contributed by atoms with Crippen LogP contribution in [0.5, 0.6) is 0 Å². The van der Waals surface area contributed by atoms with Crippen molar-refractivity contribution in [2.45, 2.75) is 12.6 Å². The molecule has 27 heavy (non-hydrogen) atoms. The van der Waals surface area contributed by atoms with Crippen LogP contribution >= 0.6 is 11.6 Å². The van der Waals surface area contributed by atoms with E-state index in [0.717, 1.165) is 12.1 Å². The molecule has 0 aromatic heterocycles. The molecule has 1 fully saturated rings. The molecule has 9 heteroatoms. The molecule has 1 heterocycles. The van der Waals surface area contributed by atoms with Gasteiger partial charge >= 0.3 is 6.18 Å². The van der Waals surface area contributed by atoms with Crippen molar-refractivity contribution in [3.05, 3.63) is 58.9 Å². The highest BCUT2D eigenvalue weighted by molar-refractivity contribution is 6.30. The Kier molecular flexibility index (Phi) is 5.10. The molecule has 1 atom stereocenters. The van der Waals surface area contributed by atoms with E-state index in [0.29, 0.717) is 5.69 Å². The zero-order valence-corrected chi connectivity index (χ0v) is 14.4. The van der Waals surface area contributed by atoms with Crippen LogP contribution in [0.1, 0.15) is 12.0 Å². The normalized spacial score (nSPS) is 17.3. The Morgan fingerprint density at radius 2 is 1.81 bits per heavy atom. The highest BCUT2D eigenvalue weighted by Crippen LogP contribution is 2.37. The third kappa shape index (κ3) is 4.21. The number of carbonyl (C=O) groups excluding carboxylic acids is 2. The van der Waals surface area contributed by atoms with Gasteiger partial charge in [-0.3, -0.25) is 9.59 Å². The molecular formula is C18H13ClF4N2O2. The van der Waals surface area contributed by atoms with E-state index < -0.39 is 35.1 Å². The first-order chi connectivity index (χ1) is 12.6. The molecular weight excluding hydrogens is 388 g/mol. The number of halogens is 5. The first-order valence-corrected chi connectivity index (χ1v) is 8.26. The van der Waals surface area contributed by atoms with Crippen molar-refractivity contribution in [3.8, 4) is 0 Å². The molecule has 1 aliphatic rings. The van der Waals surface area contributed by atoms with Crippen molar-refractivity contribution in [1.82, 2.24) is 0 Å². The average Bonchev–Trinajstić information content (AvgIpc) is 2.98. The number of anilines is 2. The van der Waals surface area contributed by atoms with Crippen LogP contribution in [0.3, 0.4) is 0 Å². The van der Waals surface area contributed by atoms with Gasteiger partial charge in [0.2, 0.25) is 11.8 Å². The Balaban J connectivity index is 1.76. The quantitative estimate of drug-likeness (QED) is 0.772. The van der Waals surface area contributed by atoms with E-state index in [1.165, 1.54) is 35.2 Å². The molecule has 1 aliphatic heterocycles. The summed E-state index contributed by atoms with van der Waals surface area (Å²) < 4.78 is 52.4. The van der Waals surface area contributed by atoms with E-state index in [9.17, 15) is 27.2 Å². The second-order valence-electron chi connectivity index (χ2n) is 6.06. The van der Waals surface area contributed by atoms with Crippen LogP contribution in [0, 0.1) is 11.7 Å². The topological polar surface area (TPSA) is 49.4 Å². The fraction of sp³-hybridized carbons (Fsp3) is 0.222. The van der Waals surface area contributed by atoms with Gasteiger partial charge in [0.25, 0.3) is 0 Å². The minimum Gasteiger partial charge on any atom is -0.325 e. The summed E-state index contributed by atoms with van der Waals surface area (Å²) in [4.78, 5) is 25.9. The molecule has 2 amide bonds. The lowest BCUT2D eigenvalue weighted by atomic mass is 10.1. The van der Waals surface area contributed by atoms with Crippen LogP contribution in [-0.2, 0) is 15.8 Å². The van der Waals surface area contributed by atoms with Gasteiger partial charge < -0.3 is 10.2 Å². The van der Waals surface area contributed by atoms with E-state index in [4.69, 9.17) is 11.6 Å². The van der Waals surface area contributed by atoms with Gasteiger partial charge in [0.15, 0.2) is 0 Å². The lowest BCUT2D eigenvalue weighted by molar-refractivity contribution is -0.137. The maximum absolute atomic E-state index is 13.1. The number of nitrogens with one attached hydrogen (secondary N) is 1. The summed E-state index contributed by atoms with van der Waals surface area (Å²) in [6.07, 6.45) is -4.85. The molecule has 0 spiro atoms. The van der Waals surface area contributed by atoms with E-state index in [-0.39, 0.29) is 23.9 Å². The Labute approximate surface area is 156 Å². The van der Waals surface area contributed by atoms with Crippen LogP contribution in [0.2, 0.25) is 5.02 Å². The number of alkyl halides is 3. The van der Waals surface area contributed by atoms with Gasteiger partial charge in [0.05, 0.1) is 17.2 Å². The first kappa shape index (κ1) is 19.2. The molecule has 0 saturated carbocycles. The number of rotatable bonds is 3. The van der Waals surface area contributed by atoms with Gasteiger partial charge in [-0.2, -0.15) is 13.2 Å². The Hall–Kier alpha value is -2.61. The van der Waals surface area contributed by atoms with Crippen molar-refractivity contribution in [2.24, 2.45) is 5.92 Å². The molecule has 1 saturated heterocycles. The fourth-order valence-electron chi connectivity index (χ4n) is 2.85. The Bertz CT molecular complexity index is 884. The minimum atomic E-state index is -4.70. The first-order valence-electron chi connectivity index (χ1n) is 7.88. The van der Waals surface area contributed by atoms with Crippen molar-refractivity contribution in [1.29, 1.82) is 0 Å². The third-order valence-corrected chi connectivity index (χ3v) is 4.41. The molecule has 0 aliphatic carbocycles. The van der Waals surface area contributed by atoms with Crippen LogP contribution in [-0.4, -0.2) is 18.4 Å². The Morgan fingerprint density at radius 1 is 1.15 bits per heavy atom. The number of hydrogen-bond acceptors (Lipinski definition) is 2. The molecule has 0 unspecified atom stereocenters. The molecule has 0 radical (unpaired) electrons. The van der Waals surface area contributed by atoms with Gasteiger partial charge in [-0.15, -0.1) is 0 Å². The van der Waals surface area contributed by atoms with E-state index >= 15 is 0 Å². The highest BCUT2D eigenvalue weighted by atomic mass is 35.5. The van der Waals surface area contributed by atoms with E-state index in [2.05, 4.69) is 5.32 Å². The largest absolute Gasteiger partial charge is 0.418 e. The smallest absolute Gasteiger partial charge is 0.325 e. The summed E-state index contributed by atoms with van der Waals surface area (Å²) in [5, 5.41) is 2.12. The number of nitrogens with zero attached hydrogens (tertiary/aromatic N) is 1. The van der Waals surface area contributed by atoms with Crippen molar-refractivity contribution >= 4 is 34.8 Å². The predicted octanol–water partition coefficient (Wildman–Crippen LogP) is 4.49. The second kappa shape index (κ2) is 7.19. The van der Waals surface area contributed by atoms with Gasteiger partial charge in [0.1, 0.15) is 5.82 Å². The van der Waals surface area contributed by atoms with Gasteiger partial charge in [-0.1, -0.05) is 11.6 Å². The minimum absolute atomic E-state index is 0.00869. The third-order valence-electron chi connectivity index (χ3n) is 4.18. The predicted molar refractivity (Wildman–Crippen MR) is 91.9 cm³/mol. The van der Waals surface area contributed by atoms with E-state index in [1.807, 2.05) is 0 Å². The summed E-state index contributed by atoms with van der Waals surface area (Å²) in [5.41, 5.74) is -1.08. The lowest BCUT2D eigenvalue weighted by Gasteiger charge is -2.18. The van der Waals surface area contributed by atoms with Crippen LogP contribution in [0.15, 0.2) is 42.5 Å². The summed E-state index contributed by atoms with van der Waals surface area (Å²) >= 11 is 5.61.